The smallest absolute Gasteiger partial charge is 0.409 e. The number of nitrogens with zero attached hydrogens (tertiary/aromatic N) is 2. The van der Waals surface area contributed by atoms with Gasteiger partial charge >= 0.3 is 6.09 Å². The van der Waals surface area contributed by atoms with Gasteiger partial charge < -0.3 is 24.7 Å². The summed E-state index contributed by atoms with van der Waals surface area (Å²) in [7, 11) is 1.41. The van der Waals surface area contributed by atoms with Gasteiger partial charge in [-0.25, -0.2) is 9.79 Å². The molecule has 2 heterocycles. The summed E-state index contributed by atoms with van der Waals surface area (Å²) < 4.78 is 10.1. The first-order valence-electron chi connectivity index (χ1n) is 8.63. The number of hydrogen-bond donors (Lipinski definition) is 2. The second-order valence-corrected chi connectivity index (χ2v) is 6.25. The number of methoxy groups -OCH3 is 1. The van der Waals surface area contributed by atoms with Crippen molar-refractivity contribution in [2.75, 3.05) is 33.3 Å². The number of furan rings is 1. The SMILES string of the molecule is C=C(C)CN=C(NCCc1ccco1)NC1CCN(C(=O)OC)CC1.I. The highest BCUT2D eigenvalue weighted by Gasteiger charge is 2.23. The molecule has 0 radical (unpaired) electrons. The Hall–Kier alpha value is -1.71. The molecule has 0 aliphatic carbocycles. The Kier molecular flexibility index (Phi) is 10.2. The molecule has 1 aromatic rings. The van der Waals surface area contributed by atoms with Crippen LogP contribution in [-0.4, -0.2) is 56.3 Å². The normalized spacial score (nSPS) is 15.2. The van der Waals surface area contributed by atoms with Crippen LogP contribution in [0.1, 0.15) is 25.5 Å². The second kappa shape index (κ2) is 11.8. The van der Waals surface area contributed by atoms with Crippen LogP contribution in [0.5, 0.6) is 0 Å². The molecule has 2 N–H and O–H groups in total. The third-order valence-electron chi connectivity index (χ3n) is 4.02. The monoisotopic (exact) mass is 476 g/mol. The van der Waals surface area contributed by atoms with Gasteiger partial charge in [0.25, 0.3) is 0 Å². The highest BCUT2D eigenvalue weighted by Crippen LogP contribution is 2.11. The maximum absolute atomic E-state index is 11.6. The summed E-state index contributed by atoms with van der Waals surface area (Å²) >= 11 is 0. The van der Waals surface area contributed by atoms with E-state index in [1.165, 1.54) is 7.11 Å². The summed E-state index contributed by atoms with van der Waals surface area (Å²) in [6.07, 6.45) is 3.94. The van der Waals surface area contributed by atoms with Crippen molar-refractivity contribution in [3.8, 4) is 0 Å². The molecule has 26 heavy (non-hydrogen) atoms. The molecule has 1 aliphatic rings. The van der Waals surface area contributed by atoms with E-state index in [0.29, 0.717) is 19.6 Å². The van der Waals surface area contributed by atoms with Gasteiger partial charge in [-0.2, -0.15) is 0 Å². The first-order valence-corrected chi connectivity index (χ1v) is 8.63. The molecule has 0 aromatic carbocycles. The molecule has 0 spiro atoms. The van der Waals surface area contributed by atoms with E-state index in [-0.39, 0.29) is 36.1 Å². The molecular weight excluding hydrogens is 447 g/mol. The van der Waals surface area contributed by atoms with Crippen LogP contribution in [0.15, 0.2) is 40.0 Å². The van der Waals surface area contributed by atoms with Gasteiger partial charge in [0.05, 0.1) is 19.9 Å². The van der Waals surface area contributed by atoms with Gasteiger partial charge in [0.15, 0.2) is 5.96 Å². The van der Waals surface area contributed by atoms with Crippen molar-refractivity contribution in [3.05, 3.63) is 36.3 Å². The molecule has 0 saturated carbocycles. The van der Waals surface area contributed by atoms with Crippen LogP contribution < -0.4 is 10.6 Å². The minimum Gasteiger partial charge on any atom is -0.469 e. The third kappa shape index (κ3) is 7.67. The van der Waals surface area contributed by atoms with Crippen LogP contribution in [0.2, 0.25) is 0 Å². The van der Waals surface area contributed by atoms with Gasteiger partial charge in [0.1, 0.15) is 5.76 Å². The molecule has 1 aliphatic heterocycles. The number of hydrogen-bond acceptors (Lipinski definition) is 4. The number of carbonyl (C=O) groups excluding carboxylic acids is 1. The van der Waals surface area contributed by atoms with E-state index >= 15 is 0 Å². The molecule has 8 heteroatoms. The van der Waals surface area contributed by atoms with Crippen LogP contribution in [0.4, 0.5) is 4.79 Å². The Bertz CT molecular complexity index is 581. The lowest BCUT2D eigenvalue weighted by molar-refractivity contribution is 0.111. The van der Waals surface area contributed by atoms with E-state index in [1.807, 2.05) is 19.1 Å². The number of aliphatic imine (C=N–C) groups is 1. The van der Waals surface area contributed by atoms with Gasteiger partial charge in [-0.05, 0) is 31.9 Å². The van der Waals surface area contributed by atoms with Crippen molar-refractivity contribution in [1.82, 2.24) is 15.5 Å². The lowest BCUT2D eigenvalue weighted by Crippen LogP contribution is -2.50. The predicted octanol–water partition coefficient (Wildman–Crippen LogP) is 2.78. The number of carbonyl (C=O) groups is 1. The highest BCUT2D eigenvalue weighted by molar-refractivity contribution is 14.0. The summed E-state index contributed by atoms with van der Waals surface area (Å²) in [5, 5.41) is 6.80. The molecule has 1 aromatic heterocycles. The summed E-state index contributed by atoms with van der Waals surface area (Å²) in [5.41, 5.74) is 1.01. The summed E-state index contributed by atoms with van der Waals surface area (Å²) in [6, 6.07) is 4.13. The third-order valence-corrected chi connectivity index (χ3v) is 4.02. The van der Waals surface area contributed by atoms with Crippen LogP contribution in [-0.2, 0) is 11.2 Å². The zero-order valence-electron chi connectivity index (χ0n) is 15.5. The summed E-state index contributed by atoms with van der Waals surface area (Å²) in [5.74, 6) is 1.71. The largest absolute Gasteiger partial charge is 0.469 e. The van der Waals surface area contributed by atoms with Crippen LogP contribution in [0.3, 0.4) is 0 Å². The predicted molar refractivity (Wildman–Crippen MR) is 113 cm³/mol. The van der Waals surface area contributed by atoms with Gasteiger partial charge in [-0.1, -0.05) is 12.2 Å². The van der Waals surface area contributed by atoms with Crippen molar-refractivity contribution in [1.29, 1.82) is 0 Å². The van der Waals surface area contributed by atoms with Crippen molar-refractivity contribution in [2.24, 2.45) is 4.99 Å². The molecule has 0 unspecified atom stereocenters. The fourth-order valence-corrected chi connectivity index (χ4v) is 2.65. The average Bonchev–Trinajstić information content (AvgIpc) is 3.12. The van der Waals surface area contributed by atoms with Gasteiger partial charge in [-0.15, -0.1) is 24.0 Å². The lowest BCUT2D eigenvalue weighted by Gasteiger charge is -2.32. The molecular formula is C18H29IN4O3. The maximum atomic E-state index is 11.6. The number of rotatable bonds is 6. The van der Waals surface area contributed by atoms with Crippen molar-refractivity contribution in [3.63, 3.8) is 0 Å². The zero-order valence-corrected chi connectivity index (χ0v) is 17.8. The Labute approximate surface area is 172 Å². The minimum atomic E-state index is -0.258. The fraction of sp³-hybridized carbons (Fsp3) is 0.556. The Morgan fingerprint density at radius 1 is 1.46 bits per heavy atom. The Morgan fingerprint density at radius 2 is 2.19 bits per heavy atom. The van der Waals surface area contributed by atoms with Crippen molar-refractivity contribution >= 4 is 36.0 Å². The molecule has 1 fully saturated rings. The quantitative estimate of drug-likeness (QED) is 0.286. The highest BCUT2D eigenvalue weighted by atomic mass is 127. The summed E-state index contributed by atoms with van der Waals surface area (Å²) in [6.45, 7) is 8.54. The first-order chi connectivity index (χ1) is 12.1. The number of piperidine rings is 1. The van der Waals surface area contributed by atoms with E-state index < -0.39 is 0 Å². The van der Waals surface area contributed by atoms with E-state index in [0.717, 1.165) is 43.1 Å². The number of halogens is 1. The van der Waals surface area contributed by atoms with Crippen LogP contribution in [0.25, 0.3) is 0 Å². The molecule has 1 amide bonds. The van der Waals surface area contributed by atoms with Crippen LogP contribution in [0, 0.1) is 0 Å². The number of amides is 1. The first kappa shape index (κ1) is 22.3. The Balaban J connectivity index is 0.00000338. The average molecular weight is 476 g/mol. The zero-order chi connectivity index (χ0) is 18.1. The van der Waals surface area contributed by atoms with E-state index in [2.05, 4.69) is 22.2 Å². The lowest BCUT2D eigenvalue weighted by atomic mass is 10.1. The van der Waals surface area contributed by atoms with Gasteiger partial charge in [0, 0.05) is 32.1 Å². The minimum absolute atomic E-state index is 0. The topological polar surface area (TPSA) is 79.1 Å². The number of likely N-dealkylation sites (tertiary alicyclic amines) is 1. The Morgan fingerprint density at radius 3 is 2.77 bits per heavy atom. The molecule has 0 bridgehead atoms. The van der Waals surface area contributed by atoms with Crippen molar-refractivity contribution in [2.45, 2.75) is 32.2 Å². The fourth-order valence-electron chi connectivity index (χ4n) is 2.65. The summed E-state index contributed by atoms with van der Waals surface area (Å²) in [4.78, 5) is 17.9. The number of guanidine groups is 1. The van der Waals surface area contributed by atoms with Gasteiger partial charge in [-0.3, -0.25) is 0 Å². The molecule has 0 atom stereocenters. The molecule has 2 rings (SSSR count). The maximum Gasteiger partial charge on any atom is 0.409 e. The van der Waals surface area contributed by atoms with E-state index in [9.17, 15) is 4.79 Å². The molecule has 7 nitrogen and oxygen atoms in total. The molecule has 146 valence electrons. The van der Waals surface area contributed by atoms with Crippen molar-refractivity contribution < 1.29 is 13.9 Å². The van der Waals surface area contributed by atoms with E-state index in [4.69, 9.17) is 9.15 Å². The van der Waals surface area contributed by atoms with E-state index in [1.54, 1.807) is 11.2 Å². The second-order valence-electron chi connectivity index (χ2n) is 6.25. The number of nitrogens with one attached hydrogen (secondary N) is 2. The van der Waals surface area contributed by atoms with Crippen LogP contribution >= 0.6 is 24.0 Å². The van der Waals surface area contributed by atoms with Gasteiger partial charge in [0.2, 0.25) is 0 Å². The standard InChI is InChI=1S/C18H28N4O3.HI/c1-14(2)13-20-17(19-9-6-16-5-4-12-25-16)21-15-7-10-22(11-8-15)18(23)24-3;/h4-5,12,15H,1,6-11,13H2,2-3H3,(H2,19,20,21);1H. The molecule has 1 saturated heterocycles. The number of ether oxygens (including phenoxy) is 1.